The highest BCUT2D eigenvalue weighted by Gasteiger charge is 2.16. The molecule has 1 heterocycles. The van der Waals surface area contributed by atoms with Gasteiger partial charge < -0.3 is 15.0 Å². The van der Waals surface area contributed by atoms with Gasteiger partial charge in [0.1, 0.15) is 5.69 Å². The molecule has 154 valence electrons. The number of fused-ring (bicyclic) bond motifs is 2. The van der Waals surface area contributed by atoms with Crippen molar-refractivity contribution in [1.82, 2.24) is 10.3 Å². The van der Waals surface area contributed by atoms with Crippen molar-refractivity contribution in [3.63, 3.8) is 0 Å². The molecule has 2 N–H and O–H groups in total. The molecule has 4 rings (SSSR count). The zero-order chi connectivity index (χ0) is 21.1. The number of aromatic amines is 1. The van der Waals surface area contributed by atoms with Crippen LogP contribution in [0, 0.1) is 0 Å². The molecule has 0 saturated carbocycles. The molecular weight excluding hydrogens is 380 g/mol. The molecule has 3 aromatic rings. The predicted octanol–water partition coefficient (Wildman–Crippen LogP) is 3.44. The first-order valence-electron chi connectivity index (χ1n) is 10.2. The van der Waals surface area contributed by atoms with Crippen LogP contribution in [0.15, 0.2) is 53.3 Å². The van der Waals surface area contributed by atoms with Crippen LogP contribution in [0.4, 0.5) is 0 Å². The fraction of sp³-hybridized carbons (Fsp3) is 0.292. The molecule has 0 aliphatic heterocycles. The predicted molar refractivity (Wildman–Crippen MR) is 114 cm³/mol. The summed E-state index contributed by atoms with van der Waals surface area (Å²) < 4.78 is 5.10. The van der Waals surface area contributed by atoms with E-state index in [9.17, 15) is 14.4 Å². The van der Waals surface area contributed by atoms with E-state index in [4.69, 9.17) is 4.74 Å². The van der Waals surface area contributed by atoms with Crippen LogP contribution in [-0.2, 0) is 22.4 Å². The van der Waals surface area contributed by atoms with Gasteiger partial charge in [-0.15, -0.1) is 0 Å². The Hall–Kier alpha value is -3.41. The quantitative estimate of drug-likeness (QED) is 0.638. The summed E-state index contributed by atoms with van der Waals surface area (Å²) in [5.74, 6) is -1.13. The number of rotatable bonds is 5. The van der Waals surface area contributed by atoms with Crippen LogP contribution < -0.4 is 10.9 Å². The van der Waals surface area contributed by atoms with Crippen molar-refractivity contribution in [2.75, 3.05) is 6.61 Å². The normalized spacial score (nSPS) is 14.0. The maximum Gasteiger partial charge on any atom is 0.355 e. The summed E-state index contributed by atoms with van der Waals surface area (Å²) in [5, 5.41) is 3.99. The second-order valence-electron chi connectivity index (χ2n) is 7.70. The lowest BCUT2D eigenvalue weighted by Gasteiger charge is -2.20. The maximum absolute atomic E-state index is 12.3. The van der Waals surface area contributed by atoms with Gasteiger partial charge in [0, 0.05) is 5.39 Å². The summed E-state index contributed by atoms with van der Waals surface area (Å²) in [6, 6.07) is 14.7. The lowest BCUT2D eigenvalue weighted by Crippen LogP contribution is -2.31. The number of H-pyrrole nitrogens is 1. The summed E-state index contributed by atoms with van der Waals surface area (Å²) in [6.07, 6.45) is 4.62. The molecule has 0 radical (unpaired) electrons. The van der Waals surface area contributed by atoms with Crippen molar-refractivity contribution in [2.24, 2.45) is 0 Å². The number of hydrogen-bond acceptors (Lipinski definition) is 4. The first-order chi connectivity index (χ1) is 14.5. The van der Waals surface area contributed by atoms with Crippen molar-refractivity contribution in [3.8, 4) is 0 Å². The smallest absolute Gasteiger partial charge is 0.355 e. The molecule has 6 nitrogen and oxygen atoms in total. The second kappa shape index (κ2) is 8.53. The molecule has 1 amide bonds. The van der Waals surface area contributed by atoms with Gasteiger partial charge in [-0.2, -0.15) is 0 Å². The largest absolute Gasteiger partial charge is 0.451 e. The third-order valence-electron chi connectivity index (χ3n) is 5.56. The molecule has 0 spiro atoms. The van der Waals surface area contributed by atoms with Crippen molar-refractivity contribution < 1.29 is 14.3 Å². The molecule has 0 saturated heterocycles. The lowest BCUT2D eigenvalue weighted by atomic mass is 9.89. The number of nitrogens with one attached hydrogen (secondary N) is 2. The Balaban J connectivity index is 1.36. The lowest BCUT2D eigenvalue weighted by molar-refractivity contribution is -0.124. The van der Waals surface area contributed by atoms with Gasteiger partial charge >= 0.3 is 5.97 Å². The molecular formula is C24H24N2O4. The van der Waals surface area contributed by atoms with E-state index in [1.165, 1.54) is 24.0 Å². The average molecular weight is 404 g/mol. The van der Waals surface area contributed by atoms with Crippen molar-refractivity contribution in [2.45, 2.75) is 38.6 Å². The summed E-state index contributed by atoms with van der Waals surface area (Å²) in [7, 11) is 0. The van der Waals surface area contributed by atoms with Crippen LogP contribution >= 0.6 is 0 Å². The number of esters is 1. The first kappa shape index (κ1) is 19.9. The number of pyridine rings is 1. The van der Waals surface area contributed by atoms with E-state index in [1.54, 1.807) is 30.3 Å². The molecule has 6 heteroatoms. The van der Waals surface area contributed by atoms with E-state index in [0.29, 0.717) is 10.8 Å². The molecule has 1 atom stereocenters. The zero-order valence-corrected chi connectivity index (χ0v) is 16.9. The summed E-state index contributed by atoms with van der Waals surface area (Å²) in [6.45, 7) is 1.49. The number of carbonyl (C=O) groups is 2. The van der Waals surface area contributed by atoms with Crippen LogP contribution in [0.2, 0.25) is 0 Å². The van der Waals surface area contributed by atoms with Crippen molar-refractivity contribution in [3.05, 3.63) is 81.3 Å². The topological polar surface area (TPSA) is 88.3 Å². The van der Waals surface area contributed by atoms with E-state index in [0.717, 1.165) is 18.4 Å². The van der Waals surface area contributed by atoms with E-state index in [1.807, 2.05) is 13.0 Å². The highest BCUT2D eigenvalue weighted by atomic mass is 16.5. The van der Waals surface area contributed by atoms with E-state index < -0.39 is 18.5 Å². The molecule has 1 aliphatic carbocycles. The number of amides is 1. The Morgan fingerprint density at radius 3 is 2.67 bits per heavy atom. The molecule has 1 aromatic heterocycles. The SMILES string of the molecule is C[C@H](NC(=O)COC(=O)c1cc2ccccc2c(=O)[nH]1)c1ccc2c(c1)CCCC2. The third-order valence-corrected chi connectivity index (χ3v) is 5.56. The van der Waals surface area contributed by atoms with Gasteiger partial charge in [-0.25, -0.2) is 4.79 Å². The van der Waals surface area contributed by atoms with Gasteiger partial charge in [-0.1, -0.05) is 36.4 Å². The zero-order valence-electron chi connectivity index (χ0n) is 16.9. The van der Waals surface area contributed by atoms with Crippen LogP contribution in [0.3, 0.4) is 0 Å². The number of aromatic nitrogens is 1. The van der Waals surface area contributed by atoms with Crippen LogP contribution in [0.25, 0.3) is 10.8 Å². The van der Waals surface area contributed by atoms with Gasteiger partial charge in [0.15, 0.2) is 6.61 Å². The number of hydrogen-bond donors (Lipinski definition) is 2. The minimum absolute atomic E-state index is 0.0224. The first-order valence-corrected chi connectivity index (χ1v) is 10.2. The van der Waals surface area contributed by atoms with Gasteiger partial charge in [-0.3, -0.25) is 9.59 Å². The fourth-order valence-electron chi connectivity index (χ4n) is 3.92. The fourth-order valence-corrected chi connectivity index (χ4v) is 3.92. The highest BCUT2D eigenvalue weighted by Crippen LogP contribution is 2.24. The number of aryl methyl sites for hydroxylation is 2. The number of benzene rings is 2. The van der Waals surface area contributed by atoms with Gasteiger partial charge in [-0.05, 0) is 66.8 Å². The van der Waals surface area contributed by atoms with Gasteiger partial charge in [0.25, 0.3) is 11.5 Å². The number of ether oxygens (including phenoxy) is 1. The summed E-state index contributed by atoms with van der Waals surface area (Å²) in [5.41, 5.74) is 3.43. The van der Waals surface area contributed by atoms with Crippen LogP contribution in [0.5, 0.6) is 0 Å². The van der Waals surface area contributed by atoms with Gasteiger partial charge in [0.2, 0.25) is 0 Å². The maximum atomic E-state index is 12.3. The van der Waals surface area contributed by atoms with Crippen LogP contribution in [0.1, 0.15) is 53.0 Å². The molecule has 0 bridgehead atoms. The van der Waals surface area contributed by atoms with Gasteiger partial charge in [0.05, 0.1) is 6.04 Å². The number of carbonyl (C=O) groups excluding carboxylic acids is 2. The molecule has 30 heavy (non-hydrogen) atoms. The standard InChI is InChI=1S/C24H24N2O4/c1-15(17-11-10-16-6-2-3-7-18(16)12-17)25-22(27)14-30-24(29)21-13-19-8-4-5-9-20(19)23(28)26-21/h4-5,8-13,15H,2-3,6-7,14H2,1H3,(H,25,27)(H,26,28)/t15-/m0/s1. The summed E-state index contributed by atoms with van der Waals surface area (Å²) in [4.78, 5) is 39.2. The highest BCUT2D eigenvalue weighted by molar-refractivity contribution is 5.94. The third kappa shape index (κ3) is 4.27. The Labute approximate surface area is 174 Å². The van der Waals surface area contributed by atoms with E-state index >= 15 is 0 Å². The molecule has 0 unspecified atom stereocenters. The minimum atomic E-state index is -0.741. The van der Waals surface area contributed by atoms with Crippen LogP contribution in [-0.4, -0.2) is 23.5 Å². The second-order valence-corrected chi connectivity index (χ2v) is 7.70. The molecule has 0 fully saturated rings. The Bertz CT molecular complexity index is 1170. The van der Waals surface area contributed by atoms with E-state index in [-0.39, 0.29) is 17.3 Å². The monoisotopic (exact) mass is 404 g/mol. The van der Waals surface area contributed by atoms with Crippen molar-refractivity contribution >= 4 is 22.6 Å². The Kier molecular flexibility index (Phi) is 5.65. The van der Waals surface area contributed by atoms with Crippen molar-refractivity contribution in [1.29, 1.82) is 0 Å². The Morgan fingerprint density at radius 2 is 1.83 bits per heavy atom. The molecule has 1 aliphatic rings. The Morgan fingerprint density at radius 1 is 1.07 bits per heavy atom. The molecule has 2 aromatic carbocycles. The van der Waals surface area contributed by atoms with E-state index in [2.05, 4.69) is 22.4 Å². The minimum Gasteiger partial charge on any atom is -0.451 e. The summed E-state index contributed by atoms with van der Waals surface area (Å²) >= 11 is 0. The average Bonchev–Trinajstić information content (AvgIpc) is 2.77.